The summed E-state index contributed by atoms with van der Waals surface area (Å²) in [5, 5.41) is 0. The molecule has 1 nitrogen and oxygen atoms in total. The van der Waals surface area contributed by atoms with E-state index in [1.165, 1.54) is 83.6 Å². The average Bonchev–Trinajstić information content (AvgIpc) is 2.40. The van der Waals surface area contributed by atoms with Crippen LogP contribution in [-0.4, -0.2) is 31.7 Å². The summed E-state index contributed by atoms with van der Waals surface area (Å²) in [5.41, 5.74) is 0. The third kappa shape index (κ3) is 13.9. The van der Waals surface area contributed by atoms with Crippen LogP contribution in [0.4, 0.5) is 0 Å². The molecule has 0 rings (SSSR count). The van der Waals surface area contributed by atoms with Crippen molar-refractivity contribution < 1.29 is 4.48 Å². The first-order chi connectivity index (χ1) is 9.62. The minimum Gasteiger partial charge on any atom is -0.318 e. The van der Waals surface area contributed by atoms with Gasteiger partial charge in [-0.3, -0.25) is 0 Å². The molecule has 0 radical (unpaired) electrons. The number of nitrogens with zero attached hydrogens (tertiary/aromatic N) is 1. The maximum atomic E-state index is 5.39. The highest BCUT2D eigenvalue weighted by Gasteiger charge is 2.11. The van der Waals surface area contributed by atoms with E-state index in [1.54, 1.807) is 0 Å². The molecule has 0 heterocycles. The maximum Gasteiger partial charge on any atom is 0.140 e. The van der Waals surface area contributed by atoms with Crippen molar-refractivity contribution in [3.05, 3.63) is 0 Å². The van der Waals surface area contributed by atoms with Crippen molar-refractivity contribution in [2.45, 2.75) is 84.0 Å². The van der Waals surface area contributed by atoms with E-state index in [-0.39, 0.29) is 0 Å². The van der Waals surface area contributed by atoms with E-state index in [4.69, 9.17) is 6.42 Å². The molecule has 0 amide bonds. The Kier molecular flexibility index (Phi) is 13.2. The van der Waals surface area contributed by atoms with Gasteiger partial charge >= 0.3 is 0 Å². The first kappa shape index (κ1) is 19.5. The van der Waals surface area contributed by atoms with Crippen LogP contribution >= 0.6 is 0 Å². The minimum absolute atomic E-state index is 0.859. The third-order valence-electron chi connectivity index (χ3n) is 4.14. The lowest BCUT2D eigenvalue weighted by Gasteiger charge is -2.27. The molecule has 0 aliphatic carbocycles. The van der Waals surface area contributed by atoms with Crippen molar-refractivity contribution >= 4 is 0 Å². The molecule has 0 aromatic heterocycles. The van der Waals surface area contributed by atoms with Gasteiger partial charge in [0.25, 0.3) is 0 Å². The molecule has 0 atom stereocenters. The van der Waals surface area contributed by atoms with Gasteiger partial charge in [-0.15, -0.1) is 6.42 Å². The summed E-state index contributed by atoms with van der Waals surface area (Å²) in [4.78, 5) is 0. The second kappa shape index (κ2) is 13.5. The molecule has 0 bridgehead atoms. The van der Waals surface area contributed by atoms with Gasteiger partial charge in [-0.05, 0) is 18.8 Å². The number of hydrogen-bond acceptors (Lipinski definition) is 0. The Morgan fingerprint density at radius 1 is 0.700 bits per heavy atom. The van der Waals surface area contributed by atoms with Gasteiger partial charge in [-0.2, -0.15) is 0 Å². The van der Waals surface area contributed by atoms with Gasteiger partial charge in [-0.25, -0.2) is 0 Å². The fourth-order valence-corrected chi connectivity index (χ4v) is 2.71. The van der Waals surface area contributed by atoms with E-state index in [2.05, 4.69) is 26.9 Å². The van der Waals surface area contributed by atoms with Crippen LogP contribution in [0.3, 0.4) is 0 Å². The highest BCUT2D eigenvalue weighted by atomic mass is 15.3. The highest BCUT2D eigenvalue weighted by Crippen LogP contribution is 2.12. The summed E-state index contributed by atoms with van der Waals surface area (Å²) in [7, 11) is 4.47. The Morgan fingerprint density at radius 3 is 1.50 bits per heavy atom. The standard InChI is InChI=1S/C19H38N/c1-5-7-8-9-10-11-12-13-14-15-16-17-19-20(3,4)18-6-2/h2H,5,7-19H2,1,3-4H3/q+1. The van der Waals surface area contributed by atoms with Crippen LogP contribution in [0, 0.1) is 12.3 Å². The SMILES string of the molecule is C#CC[N+](C)(C)CCCCCCCCCCCCCC. The first-order valence-electron chi connectivity index (χ1n) is 8.88. The van der Waals surface area contributed by atoms with E-state index in [1.807, 2.05) is 0 Å². The second-order valence-electron chi connectivity index (χ2n) is 6.91. The summed E-state index contributed by atoms with van der Waals surface area (Å²) in [6, 6.07) is 0. The summed E-state index contributed by atoms with van der Waals surface area (Å²) in [5.74, 6) is 2.77. The lowest BCUT2D eigenvalue weighted by molar-refractivity contribution is -0.883. The zero-order chi connectivity index (χ0) is 15.1. The Morgan fingerprint density at radius 2 is 1.10 bits per heavy atom. The normalized spacial score (nSPS) is 11.5. The van der Waals surface area contributed by atoms with E-state index in [0.29, 0.717) is 0 Å². The number of rotatable bonds is 14. The van der Waals surface area contributed by atoms with E-state index in [0.717, 1.165) is 11.0 Å². The summed E-state index contributed by atoms with van der Waals surface area (Å²) >= 11 is 0. The van der Waals surface area contributed by atoms with Crippen molar-refractivity contribution in [1.82, 2.24) is 0 Å². The average molecular weight is 281 g/mol. The summed E-state index contributed by atoms with van der Waals surface area (Å²) in [6.07, 6.45) is 22.4. The number of hydrogen-bond donors (Lipinski definition) is 0. The van der Waals surface area contributed by atoms with Crippen LogP contribution in [0.15, 0.2) is 0 Å². The van der Waals surface area contributed by atoms with E-state index >= 15 is 0 Å². The molecule has 118 valence electrons. The van der Waals surface area contributed by atoms with Crippen molar-refractivity contribution in [2.75, 3.05) is 27.2 Å². The topological polar surface area (TPSA) is 0 Å². The Bertz CT molecular complexity index is 237. The van der Waals surface area contributed by atoms with Gasteiger partial charge in [0, 0.05) is 0 Å². The van der Waals surface area contributed by atoms with Gasteiger partial charge in [0.05, 0.1) is 20.6 Å². The second-order valence-corrected chi connectivity index (χ2v) is 6.91. The molecule has 0 unspecified atom stereocenters. The molecule has 20 heavy (non-hydrogen) atoms. The number of terminal acetylenes is 1. The first-order valence-corrected chi connectivity index (χ1v) is 8.88. The molecule has 0 aliphatic rings. The smallest absolute Gasteiger partial charge is 0.140 e. The molecular weight excluding hydrogens is 242 g/mol. The van der Waals surface area contributed by atoms with Gasteiger partial charge in [0.2, 0.25) is 0 Å². The van der Waals surface area contributed by atoms with Gasteiger partial charge < -0.3 is 4.48 Å². The molecule has 0 aromatic rings. The van der Waals surface area contributed by atoms with Crippen LogP contribution in [0.1, 0.15) is 84.0 Å². The van der Waals surface area contributed by atoms with Crippen molar-refractivity contribution in [1.29, 1.82) is 0 Å². The predicted octanol–water partition coefficient (Wildman–Crippen LogP) is 5.40. The summed E-state index contributed by atoms with van der Waals surface area (Å²) < 4.78 is 0.980. The zero-order valence-corrected chi connectivity index (χ0v) is 14.4. The van der Waals surface area contributed by atoms with Crippen molar-refractivity contribution in [3.63, 3.8) is 0 Å². The van der Waals surface area contributed by atoms with Crippen LogP contribution in [0.5, 0.6) is 0 Å². The van der Waals surface area contributed by atoms with Gasteiger partial charge in [0.1, 0.15) is 6.54 Å². The Labute approximate surface area is 128 Å². The Balaban J connectivity index is 3.16. The molecule has 0 aliphatic heterocycles. The number of unbranched alkanes of at least 4 members (excludes halogenated alkanes) is 11. The molecule has 0 aromatic carbocycles. The van der Waals surface area contributed by atoms with E-state index in [9.17, 15) is 0 Å². The largest absolute Gasteiger partial charge is 0.318 e. The van der Waals surface area contributed by atoms with E-state index < -0.39 is 0 Å². The van der Waals surface area contributed by atoms with Crippen LogP contribution in [-0.2, 0) is 0 Å². The van der Waals surface area contributed by atoms with Crippen molar-refractivity contribution in [2.24, 2.45) is 0 Å². The lowest BCUT2D eigenvalue weighted by atomic mass is 10.1. The van der Waals surface area contributed by atoms with Gasteiger partial charge in [0.15, 0.2) is 0 Å². The lowest BCUT2D eigenvalue weighted by Crippen LogP contribution is -2.40. The third-order valence-corrected chi connectivity index (χ3v) is 4.14. The quantitative estimate of drug-likeness (QED) is 0.227. The van der Waals surface area contributed by atoms with Crippen LogP contribution < -0.4 is 0 Å². The molecule has 1 heteroatoms. The molecule has 0 spiro atoms. The molecule has 0 saturated carbocycles. The highest BCUT2D eigenvalue weighted by molar-refractivity contribution is 4.83. The number of quaternary nitrogens is 1. The fourth-order valence-electron chi connectivity index (χ4n) is 2.71. The van der Waals surface area contributed by atoms with Crippen LogP contribution in [0.25, 0.3) is 0 Å². The summed E-state index contributed by atoms with van der Waals surface area (Å²) in [6.45, 7) is 4.37. The van der Waals surface area contributed by atoms with Crippen molar-refractivity contribution in [3.8, 4) is 12.3 Å². The molecule has 0 saturated heterocycles. The molecule has 0 fully saturated rings. The van der Waals surface area contributed by atoms with Crippen LogP contribution in [0.2, 0.25) is 0 Å². The molecule has 0 N–H and O–H groups in total. The fraction of sp³-hybridized carbons (Fsp3) is 0.895. The Hall–Kier alpha value is -0.480. The minimum atomic E-state index is 0.859. The monoisotopic (exact) mass is 280 g/mol. The zero-order valence-electron chi connectivity index (χ0n) is 14.4. The van der Waals surface area contributed by atoms with Gasteiger partial charge in [-0.1, -0.05) is 71.1 Å². The molecular formula is C19H38N+. The maximum absolute atomic E-state index is 5.39. The predicted molar refractivity (Wildman–Crippen MR) is 91.8 cm³/mol.